The van der Waals surface area contributed by atoms with Crippen molar-refractivity contribution >= 4 is 51.1 Å². The van der Waals surface area contributed by atoms with E-state index in [-0.39, 0.29) is 12.2 Å². The van der Waals surface area contributed by atoms with E-state index in [9.17, 15) is 18.8 Å². The lowest BCUT2D eigenvalue weighted by atomic mass is 10.1. The standard InChI is InChI=1S/C24H17BrFN3O4/c25-16-9-10-21(33-14-22(30)27-18-6-4-5-17(26)13-18)15(11-16)12-20-23(31)28-29(24(20)32)19-7-2-1-3-8-19/h1-13H,14H2,(H,27,30)(H,28,31)/b20-12-. The van der Waals surface area contributed by atoms with Crippen LogP contribution >= 0.6 is 15.9 Å². The van der Waals surface area contributed by atoms with Gasteiger partial charge < -0.3 is 10.1 Å². The number of amides is 3. The first-order chi connectivity index (χ1) is 15.9. The molecule has 1 fully saturated rings. The van der Waals surface area contributed by atoms with Crippen molar-refractivity contribution in [2.24, 2.45) is 0 Å². The average Bonchev–Trinajstić information content (AvgIpc) is 3.07. The summed E-state index contributed by atoms with van der Waals surface area (Å²) < 4.78 is 19.6. The van der Waals surface area contributed by atoms with E-state index in [2.05, 4.69) is 26.7 Å². The molecule has 0 atom stereocenters. The molecular weight excluding hydrogens is 493 g/mol. The fourth-order valence-electron chi connectivity index (χ4n) is 3.14. The molecule has 1 aliphatic heterocycles. The SMILES string of the molecule is O=C(COc1ccc(Br)cc1/C=C1/C(=O)NN(c2ccccc2)C1=O)Nc1cccc(F)c1. The van der Waals surface area contributed by atoms with E-state index in [1.807, 2.05) is 0 Å². The van der Waals surface area contributed by atoms with Crippen molar-refractivity contribution in [2.75, 3.05) is 16.9 Å². The molecule has 7 nitrogen and oxygen atoms in total. The van der Waals surface area contributed by atoms with Crippen molar-refractivity contribution in [3.8, 4) is 5.75 Å². The number of carbonyl (C=O) groups is 3. The van der Waals surface area contributed by atoms with Crippen LogP contribution < -0.4 is 20.5 Å². The molecule has 1 aliphatic rings. The largest absolute Gasteiger partial charge is 0.483 e. The summed E-state index contributed by atoms with van der Waals surface area (Å²) in [5, 5.41) is 3.71. The predicted octanol–water partition coefficient (Wildman–Crippen LogP) is 4.07. The van der Waals surface area contributed by atoms with Crippen molar-refractivity contribution in [3.63, 3.8) is 0 Å². The Bertz CT molecular complexity index is 1260. The normalized spacial score (nSPS) is 14.4. The Morgan fingerprint density at radius 3 is 2.61 bits per heavy atom. The first kappa shape index (κ1) is 22.2. The van der Waals surface area contributed by atoms with Crippen LogP contribution in [0.1, 0.15) is 5.56 Å². The minimum Gasteiger partial charge on any atom is -0.483 e. The lowest BCUT2D eigenvalue weighted by Gasteiger charge is -2.14. The van der Waals surface area contributed by atoms with Crippen LogP contribution in [0.5, 0.6) is 5.75 Å². The predicted molar refractivity (Wildman–Crippen MR) is 125 cm³/mol. The van der Waals surface area contributed by atoms with Crippen molar-refractivity contribution in [3.05, 3.63) is 94.2 Å². The Kier molecular flexibility index (Phi) is 6.50. The van der Waals surface area contributed by atoms with Gasteiger partial charge in [-0.05, 0) is 54.6 Å². The number of hydrogen-bond donors (Lipinski definition) is 2. The molecular formula is C24H17BrFN3O4. The van der Waals surface area contributed by atoms with Crippen molar-refractivity contribution in [2.45, 2.75) is 0 Å². The van der Waals surface area contributed by atoms with E-state index >= 15 is 0 Å². The van der Waals surface area contributed by atoms with Crippen LogP contribution in [-0.4, -0.2) is 24.3 Å². The zero-order valence-electron chi connectivity index (χ0n) is 17.0. The smallest absolute Gasteiger partial charge is 0.282 e. The molecule has 3 amide bonds. The molecule has 166 valence electrons. The van der Waals surface area contributed by atoms with E-state index in [4.69, 9.17) is 4.74 Å². The monoisotopic (exact) mass is 509 g/mol. The summed E-state index contributed by atoms with van der Waals surface area (Å²) in [4.78, 5) is 37.5. The number of halogens is 2. The van der Waals surface area contributed by atoms with Gasteiger partial charge >= 0.3 is 0 Å². The topological polar surface area (TPSA) is 87.7 Å². The van der Waals surface area contributed by atoms with Gasteiger partial charge in [0.1, 0.15) is 17.1 Å². The maximum atomic E-state index is 13.3. The number of hydrazine groups is 1. The van der Waals surface area contributed by atoms with Crippen molar-refractivity contribution in [1.82, 2.24) is 5.43 Å². The molecule has 0 spiro atoms. The third-order valence-corrected chi connectivity index (χ3v) is 5.14. The van der Waals surface area contributed by atoms with Crippen LogP contribution in [-0.2, 0) is 14.4 Å². The van der Waals surface area contributed by atoms with Crippen LogP contribution in [0.15, 0.2) is 82.8 Å². The van der Waals surface area contributed by atoms with Gasteiger partial charge in [0.25, 0.3) is 17.7 Å². The highest BCUT2D eigenvalue weighted by Gasteiger charge is 2.34. The van der Waals surface area contributed by atoms with Gasteiger partial charge in [-0.25, -0.2) is 9.40 Å². The average molecular weight is 510 g/mol. The molecule has 0 aliphatic carbocycles. The Balaban J connectivity index is 1.52. The third-order valence-electron chi connectivity index (χ3n) is 4.64. The Morgan fingerprint density at radius 2 is 1.85 bits per heavy atom. The number of para-hydroxylation sites is 1. The highest BCUT2D eigenvalue weighted by molar-refractivity contribution is 9.10. The molecule has 2 N–H and O–H groups in total. The van der Waals surface area contributed by atoms with E-state index in [0.29, 0.717) is 27.2 Å². The maximum absolute atomic E-state index is 13.3. The second-order valence-corrected chi connectivity index (χ2v) is 7.92. The van der Waals surface area contributed by atoms with Gasteiger partial charge in [0.15, 0.2) is 6.61 Å². The summed E-state index contributed by atoms with van der Waals surface area (Å²) in [7, 11) is 0. The Hall–Kier alpha value is -3.98. The number of anilines is 2. The number of nitrogens with one attached hydrogen (secondary N) is 2. The molecule has 0 unspecified atom stereocenters. The molecule has 0 radical (unpaired) electrons. The molecule has 1 saturated heterocycles. The highest BCUT2D eigenvalue weighted by atomic mass is 79.9. The first-order valence-electron chi connectivity index (χ1n) is 9.80. The molecule has 1 heterocycles. The summed E-state index contributed by atoms with van der Waals surface area (Å²) in [5.74, 6) is -1.75. The number of rotatable bonds is 6. The fraction of sp³-hybridized carbons (Fsp3) is 0.0417. The number of hydrogen-bond acceptors (Lipinski definition) is 4. The number of nitrogens with zero attached hydrogens (tertiary/aromatic N) is 1. The third kappa shape index (κ3) is 5.27. The van der Waals surface area contributed by atoms with Crippen LogP contribution in [0.4, 0.5) is 15.8 Å². The van der Waals surface area contributed by atoms with E-state index in [1.165, 1.54) is 29.3 Å². The van der Waals surface area contributed by atoms with Crippen molar-refractivity contribution < 1.29 is 23.5 Å². The molecule has 0 bridgehead atoms. The Morgan fingerprint density at radius 1 is 1.06 bits per heavy atom. The van der Waals surface area contributed by atoms with Crippen LogP contribution in [0.2, 0.25) is 0 Å². The van der Waals surface area contributed by atoms with Gasteiger partial charge in [0.05, 0.1) is 5.69 Å². The van der Waals surface area contributed by atoms with Gasteiger partial charge in [0, 0.05) is 15.7 Å². The van der Waals surface area contributed by atoms with Gasteiger partial charge in [-0.2, -0.15) is 0 Å². The summed E-state index contributed by atoms with van der Waals surface area (Å²) in [6, 6.07) is 19.2. The van der Waals surface area contributed by atoms with Gasteiger partial charge in [-0.3, -0.25) is 19.8 Å². The lowest BCUT2D eigenvalue weighted by Crippen LogP contribution is -2.35. The van der Waals surface area contributed by atoms with Gasteiger partial charge in [-0.15, -0.1) is 0 Å². The van der Waals surface area contributed by atoms with Crippen LogP contribution in [0.25, 0.3) is 6.08 Å². The fourth-order valence-corrected chi connectivity index (χ4v) is 3.52. The summed E-state index contributed by atoms with van der Waals surface area (Å²) >= 11 is 3.36. The summed E-state index contributed by atoms with van der Waals surface area (Å²) in [6.07, 6.45) is 1.41. The molecule has 3 aromatic carbocycles. The van der Waals surface area contributed by atoms with E-state index in [0.717, 1.165) is 0 Å². The minimum atomic E-state index is -0.557. The second-order valence-electron chi connectivity index (χ2n) is 7.00. The minimum absolute atomic E-state index is 0.0778. The number of benzene rings is 3. The zero-order valence-corrected chi connectivity index (χ0v) is 18.6. The molecule has 4 rings (SSSR count). The quantitative estimate of drug-likeness (QED) is 0.387. The zero-order chi connectivity index (χ0) is 23.4. The van der Waals surface area contributed by atoms with Crippen molar-refractivity contribution in [1.29, 1.82) is 0 Å². The molecule has 3 aromatic rings. The number of carbonyl (C=O) groups excluding carboxylic acids is 3. The van der Waals surface area contributed by atoms with E-state index in [1.54, 1.807) is 54.6 Å². The molecule has 0 aromatic heterocycles. The van der Waals surface area contributed by atoms with Gasteiger partial charge in [-0.1, -0.05) is 40.2 Å². The number of ether oxygens (including phenoxy) is 1. The summed E-state index contributed by atoms with van der Waals surface area (Å²) in [6.45, 7) is -0.357. The van der Waals surface area contributed by atoms with Gasteiger partial charge in [0.2, 0.25) is 0 Å². The van der Waals surface area contributed by atoms with Crippen LogP contribution in [0.3, 0.4) is 0 Å². The molecule has 9 heteroatoms. The second kappa shape index (κ2) is 9.66. The maximum Gasteiger partial charge on any atom is 0.282 e. The Labute approximate surface area is 197 Å². The first-order valence-corrected chi connectivity index (χ1v) is 10.6. The highest BCUT2D eigenvalue weighted by Crippen LogP contribution is 2.28. The van der Waals surface area contributed by atoms with E-state index < -0.39 is 23.5 Å². The molecule has 33 heavy (non-hydrogen) atoms. The van der Waals surface area contributed by atoms with Crippen LogP contribution in [0, 0.1) is 5.82 Å². The summed E-state index contributed by atoms with van der Waals surface area (Å²) in [5.41, 5.74) is 3.71. The lowest BCUT2D eigenvalue weighted by molar-refractivity contribution is -0.118. The molecule has 0 saturated carbocycles.